The van der Waals surface area contributed by atoms with Gasteiger partial charge in [-0.3, -0.25) is 28.6 Å². The van der Waals surface area contributed by atoms with Crippen molar-refractivity contribution in [1.29, 1.82) is 0 Å². The van der Waals surface area contributed by atoms with Crippen LogP contribution in [0, 0.1) is 0 Å². The molecule has 11 heteroatoms. The van der Waals surface area contributed by atoms with Crippen LogP contribution in [0.2, 0.25) is 0 Å². The molecule has 0 saturated heterocycles. The van der Waals surface area contributed by atoms with Gasteiger partial charge in [0, 0.05) is 30.8 Å². The molecule has 1 heterocycles. The predicted octanol–water partition coefficient (Wildman–Crippen LogP) is 0.456. The van der Waals surface area contributed by atoms with Crippen molar-refractivity contribution in [3.8, 4) is 0 Å². The number of benzene rings is 1. The van der Waals surface area contributed by atoms with Gasteiger partial charge in [-0.25, -0.2) is 0 Å². The fourth-order valence-corrected chi connectivity index (χ4v) is 3.35. The lowest BCUT2D eigenvalue weighted by Gasteiger charge is -2.13. The number of rotatable bonds is 9. The lowest BCUT2D eigenvalue weighted by atomic mass is 10.1. The van der Waals surface area contributed by atoms with E-state index in [-0.39, 0.29) is 36.0 Å². The second-order valence-electron chi connectivity index (χ2n) is 6.07. The Morgan fingerprint density at radius 2 is 1.71 bits per heavy atom. The van der Waals surface area contributed by atoms with Gasteiger partial charge in [0.2, 0.25) is 11.8 Å². The maximum Gasteiger partial charge on any atom is 0.295 e. The minimum absolute atomic E-state index is 0.0851. The van der Waals surface area contributed by atoms with Crippen LogP contribution in [-0.4, -0.2) is 48.0 Å². The molecule has 4 N–H and O–H groups in total. The number of primary amides is 1. The van der Waals surface area contributed by atoms with Gasteiger partial charge in [0.25, 0.3) is 21.9 Å². The number of nitrogens with two attached hydrogens (primary N) is 1. The number of anilines is 1. The van der Waals surface area contributed by atoms with Gasteiger partial charge in [-0.05, 0) is 31.0 Å². The van der Waals surface area contributed by atoms with E-state index in [1.165, 1.54) is 18.2 Å². The average molecular weight is 409 g/mol. The van der Waals surface area contributed by atoms with Gasteiger partial charge in [0.15, 0.2) is 0 Å². The first-order valence-electron chi connectivity index (χ1n) is 8.34. The Labute approximate surface area is 161 Å². The van der Waals surface area contributed by atoms with Crippen molar-refractivity contribution >= 4 is 39.4 Å². The molecule has 2 rings (SSSR count). The highest BCUT2D eigenvalue weighted by Gasteiger charge is 2.22. The third-order valence-corrected chi connectivity index (χ3v) is 4.89. The van der Waals surface area contributed by atoms with Gasteiger partial charge >= 0.3 is 0 Å². The van der Waals surface area contributed by atoms with Gasteiger partial charge in [0.05, 0.1) is 5.56 Å². The molecule has 1 aliphatic heterocycles. The molecule has 0 aliphatic carbocycles. The van der Waals surface area contributed by atoms with E-state index in [9.17, 15) is 32.1 Å². The molecule has 1 aromatic rings. The van der Waals surface area contributed by atoms with E-state index >= 15 is 0 Å². The zero-order chi connectivity index (χ0) is 20.9. The molecule has 1 aliphatic rings. The van der Waals surface area contributed by atoms with Crippen molar-refractivity contribution in [3.63, 3.8) is 0 Å². The van der Waals surface area contributed by atoms with Crippen LogP contribution in [0.15, 0.2) is 35.2 Å². The molecule has 0 bridgehead atoms. The zero-order valence-electron chi connectivity index (χ0n) is 14.8. The Morgan fingerprint density at radius 3 is 2.29 bits per heavy atom. The van der Waals surface area contributed by atoms with E-state index < -0.39 is 26.8 Å². The summed E-state index contributed by atoms with van der Waals surface area (Å²) in [6, 6.07) is 3.34. The Hall–Kier alpha value is -3.05. The van der Waals surface area contributed by atoms with Crippen LogP contribution in [0.3, 0.4) is 0 Å². The number of hydrogen-bond acceptors (Lipinski definition) is 6. The number of unbranched alkanes of at least 4 members (excludes halogenated alkanes) is 2. The molecule has 0 unspecified atom stereocenters. The van der Waals surface area contributed by atoms with E-state index in [1.54, 1.807) is 0 Å². The summed E-state index contributed by atoms with van der Waals surface area (Å²) in [6.07, 6.45) is 4.17. The quantitative estimate of drug-likeness (QED) is 0.303. The number of amides is 4. The van der Waals surface area contributed by atoms with Crippen molar-refractivity contribution in [3.05, 3.63) is 35.9 Å². The third kappa shape index (κ3) is 5.47. The third-order valence-electron chi connectivity index (χ3n) is 3.99. The second kappa shape index (κ2) is 8.76. The van der Waals surface area contributed by atoms with Crippen LogP contribution in [0.5, 0.6) is 0 Å². The van der Waals surface area contributed by atoms with Crippen LogP contribution < -0.4 is 11.1 Å². The van der Waals surface area contributed by atoms with Crippen molar-refractivity contribution in [2.45, 2.75) is 30.6 Å². The molecule has 150 valence electrons. The van der Waals surface area contributed by atoms with Gasteiger partial charge in [-0.1, -0.05) is 6.42 Å². The molecule has 0 fully saturated rings. The van der Waals surface area contributed by atoms with Crippen molar-refractivity contribution < 1.29 is 32.1 Å². The minimum Gasteiger partial charge on any atom is -0.366 e. The largest absolute Gasteiger partial charge is 0.366 e. The highest BCUT2D eigenvalue weighted by molar-refractivity contribution is 7.86. The second-order valence-corrected chi connectivity index (χ2v) is 7.46. The molecule has 0 saturated carbocycles. The SMILES string of the molecule is NC(=O)c1ccc(NC(=O)CCCCCN2C(=O)C=CC2=O)cc1S(=O)(=O)O. The number of carbonyl (C=O) groups excluding carboxylic acids is 4. The summed E-state index contributed by atoms with van der Waals surface area (Å²) >= 11 is 0. The fourth-order valence-electron chi connectivity index (χ4n) is 2.62. The average Bonchev–Trinajstić information content (AvgIpc) is 2.92. The maximum atomic E-state index is 12.0. The fraction of sp³-hybridized carbons (Fsp3) is 0.294. The van der Waals surface area contributed by atoms with Crippen LogP contribution in [0.25, 0.3) is 0 Å². The Kier molecular flexibility index (Phi) is 6.65. The lowest BCUT2D eigenvalue weighted by Crippen LogP contribution is -2.30. The first-order chi connectivity index (χ1) is 13.1. The Bertz CT molecular complexity index is 935. The van der Waals surface area contributed by atoms with E-state index in [0.29, 0.717) is 19.3 Å². The molecule has 0 spiro atoms. The summed E-state index contributed by atoms with van der Waals surface area (Å²) < 4.78 is 31.9. The molecule has 28 heavy (non-hydrogen) atoms. The highest BCUT2D eigenvalue weighted by atomic mass is 32.2. The smallest absolute Gasteiger partial charge is 0.295 e. The van der Waals surface area contributed by atoms with E-state index in [2.05, 4.69) is 5.32 Å². The molecule has 10 nitrogen and oxygen atoms in total. The number of carbonyl (C=O) groups is 4. The zero-order valence-corrected chi connectivity index (χ0v) is 15.6. The molecule has 1 aromatic carbocycles. The molecule has 0 aromatic heterocycles. The van der Waals surface area contributed by atoms with Crippen molar-refractivity contribution in [2.75, 3.05) is 11.9 Å². The van der Waals surface area contributed by atoms with Crippen molar-refractivity contribution in [1.82, 2.24) is 4.90 Å². The molecule has 0 radical (unpaired) electrons. The normalized spacial score (nSPS) is 13.8. The topological polar surface area (TPSA) is 164 Å². The van der Waals surface area contributed by atoms with Gasteiger partial charge in [-0.15, -0.1) is 0 Å². The molecule has 4 amide bonds. The van der Waals surface area contributed by atoms with Gasteiger partial charge < -0.3 is 11.1 Å². The number of hydrogen-bond donors (Lipinski definition) is 3. The van der Waals surface area contributed by atoms with Crippen LogP contribution in [0.1, 0.15) is 36.0 Å². The van der Waals surface area contributed by atoms with Crippen LogP contribution >= 0.6 is 0 Å². The standard InChI is InChI=1S/C17H19N3O7S/c18-17(24)12-6-5-11(10-13(12)28(25,26)27)19-14(21)4-2-1-3-9-20-15(22)7-8-16(20)23/h5-8,10H,1-4,9H2,(H2,18,24)(H,19,21)(H,25,26,27). The number of nitrogens with zero attached hydrogens (tertiary/aromatic N) is 1. The lowest BCUT2D eigenvalue weighted by molar-refractivity contribution is -0.136. The summed E-state index contributed by atoms with van der Waals surface area (Å²) in [5, 5.41) is 2.47. The molecule has 0 atom stereocenters. The summed E-state index contributed by atoms with van der Waals surface area (Å²) in [4.78, 5) is 46.4. The number of imide groups is 1. The first-order valence-corrected chi connectivity index (χ1v) is 9.78. The Balaban J connectivity index is 1.84. The van der Waals surface area contributed by atoms with Crippen molar-refractivity contribution in [2.24, 2.45) is 5.73 Å². The van der Waals surface area contributed by atoms with E-state index in [4.69, 9.17) is 5.73 Å². The Morgan fingerprint density at radius 1 is 1.07 bits per heavy atom. The molecular formula is C17H19N3O7S. The monoisotopic (exact) mass is 409 g/mol. The predicted molar refractivity (Wildman–Crippen MR) is 97.7 cm³/mol. The summed E-state index contributed by atoms with van der Waals surface area (Å²) in [6.45, 7) is 0.276. The van der Waals surface area contributed by atoms with Gasteiger partial charge in [0.1, 0.15) is 4.90 Å². The minimum atomic E-state index is -4.70. The van der Waals surface area contributed by atoms with Gasteiger partial charge in [-0.2, -0.15) is 8.42 Å². The van der Waals surface area contributed by atoms with E-state index in [1.807, 2.05) is 0 Å². The van der Waals surface area contributed by atoms with E-state index in [0.717, 1.165) is 17.0 Å². The summed E-state index contributed by atoms with van der Waals surface area (Å²) in [7, 11) is -4.70. The first kappa shape index (κ1) is 21.3. The molecular weight excluding hydrogens is 390 g/mol. The summed E-state index contributed by atoms with van der Waals surface area (Å²) in [5.74, 6) is -2.13. The summed E-state index contributed by atoms with van der Waals surface area (Å²) in [5.41, 5.74) is 4.77. The van der Waals surface area contributed by atoms with Crippen LogP contribution in [0.4, 0.5) is 5.69 Å². The number of nitrogens with one attached hydrogen (secondary N) is 1. The van der Waals surface area contributed by atoms with Crippen LogP contribution in [-0.2, 0) is 24.5 Å². The maximum absolute atomic E-state index is 12.0. The highest BCUT2D eigenvalue weighted by Crippen LogP contribution is 2.21.